The second kappa shape index (κ2) is 5.17. The van der Waals surface area contributed by atoms with Crippen LogP contribution in [-0.4, -0.2) is 24.1 Å². The number of anilines is 2. The van der Waals surface area contributed by atoms with E-state index in [9.17, 15) is 0 Å². The van der Waals surface area contributed by atoms with E-state index in [2.05, 4.69) is 28.2 Å². The summed E-state index contributed by atoms with van der Waals surface area (Å²) in [5.74, 6) is 1.95. The highest BCUT2D eigenvalue weighted by Crippen LogP contribution is 2.32. The minimum atomic E-state index is 0.635. The van der Waals surface area contributed by atoms with Crippen molar-refractivity contribution in [1.29, 1.82) is 0 Å². The molecule has 2 aliphatic rings. The summed E-state index contributed by atoms with van der Waals surface area (Å²) in [5.41, 5.74) is 1.23. The molecule has 1 saturated heterocycles. The summed E-state index contributed by atoms with van der Waals surface area (Å²) in [7, 11) is 0. The highest BCUT2D eigenvalue weighted by Gasteiger charge is 2.25. The van der Waals surface area contributed by atoms with Gasteiger partial charge in [-0.25, -0.2) is 4.98 Å². The molecular weight excluding hydrogens is 222 g/mol. The summed E-state index contributed by atoms with van der Waals surface area (Å²) in [6, 6.07) is 4.86. The molecule has 18 heavy (non-hydrogen) atoms. The molecule has 0 spiro atoms. The molecule has 1 saturated carbocycles. The third-order valence-electron chi connectivity index (χ3n) is 4.39. The minimum Gasteiger partial charge on any atom is -0.379 e. The number of rotatable bonds is 3. The zero-order valence-corrected chi connectivity index (χ0v) is 11.2. The van der Waals surface area contributed by atoms with Crippen molar-refractivity contribution in [3.8, 4) is 0 Å². The van der Waals surface area contributed by atoms with Crippen LogP contribution in [0.4, 0.5) is 11.5 Å². The standard InChI is InChI=1S/C15H23N3/c1-12-6-4-7-13(12)17-14-8-5-9-16-15(14)18-10-2-3-11-18/h5,8-9,12-13,17H,2-4,6-7,10-11H2,1H3. The Morgan fingerprint density at radius 1 is 1.22 bits per heavy atom. The van der Waals surface area contributed by atoms with Gasteiger partial charge in [-0.15, -0.1) is 0 Å². The van der Waals surface area contributed by atoms with Crippen LogP contribution in [0, 0.1) is 5.92 Å². The smallest absolute Gasteiger partial charge is 0.151 e. The van der Waals surface area contributed by atoms with Crippen LogP contribution < -0.4 is 10.2 Å². The van der Waals surface area contributed by atoms with Crippen LogP contribution in [0.1, 0.15) is 39.0 Å². The fraction of sp³-hybridized carbons (Fsp3) is 0.667. The first-order valence-electron chi connectivity index (χ1n) is 7.31. The van der Waals surface area contributed by atoms with Gasteiger partial charge in [0.25, 0.3) is 0 Å². The Bertz CT molecular complexity index is 398. The zero-order valence-electron chi connectivity index (χ0n) is 11.2. The number of pyridine rings is 1. The van der Waals surface area contributed by atoms with Gasteiger partial charge in [0.1, 0.15) is 0 Å². The van der Waals surface area contributed by atoms with Crippen LogP contribution in [0.2, 0.25) is 0 Å². The third-order valence-corrected chi connectivity index (χ3v) is 4.39. The SMILES string of the molecule is CC1CCCC1Nc1cccnc1N1CCCC1. The molecule has 3 heteroatoms. The molecule has 1 aliphatic heterocycles. The van der Waals surface area contributed by atoms with Crippen LogP contribution in [0.5, 0.6) is 0 Å². The molecule has 2 fully saturated rings. The highest BCUT2D eigenvalue weighted by molar-refractivity contribution is 5.66. The fourth-order valence-corrected chi connectivity index (χ4v) is 3.25. The van der Waals surface area contributed by atoms with Crippen molar-refractivity contribution in [3.63, 3.8) is 0 Å². The minimum absolute atomic E-state index is 0.635. The van der Waals surface area contributed by atoms with E-state index in [4.69, 9.17) is 0 Å². The van der Waals surface area contributed by atoms with Gasteiger partial charge in [-0.3, -0.25) is 0 Å². The van der Waals surface area contributed by atoms with Gasteiger partial charge in [0, 0.05) is 25.3 Å². The molecule has 0 aromatic carbocycles. The summed E-state index contributed by atoms with van der Waals surface area (Å²) in [5, 5.41) is 3.73. The predicted molar refractivity (Wildman–Crippen MR) is 76.1 cm³/mol. The Labute approximate surface area is 110 Å². The third kappa shape index (κ3) is 2.31. The average molecular weight is 245 g/mol. The Balaban J connectivity index is 1.78. The van der Waals surface area contributed by atoms with Crippen molar-refractivity contribution in [2.24, 2.45) is 5.92 Å². The van der Waals surface area contributed by atoms with E-state index in [1.807, 2.05) is 12.3 Å². The first-order chi connectivity index (χ1) is 8.84. The Morgan fingerprint density at radius 2 is 2.06 bits per heavy atom. The molecule has 0 radical (unpaired) electrons. The molecule has 1 aromatic rings. The van der Waals surface area contributed by atoms with Gasteiger partial charge in [0.05, 0.1) is 5.69 Å². The predicted octanol–water partition coefficient (Wildman–Crippen LogP) is 3.28. The zero-order chi connectivity index (χ0) is 12.4. The molecule has 3 nitrogen and oxygen atoms in total. The van der Waals surface area contributed by atoms with E-state index >= 15 is 0 Å². The van der Waals surface area contributed by atoms with Gasteiger partial charge in [0.15, 0.2) is 5.82 Å². The average Bonchev–Trinajstić information content (AvgIpc) is 3.03. The molecule has 0 amide bonds. The molecule has 3 rings (SSSR count). The second-order valence-electron chi connectivity index (χ2n) is 5.73. The molecule has 0 bridgehead atoms. The molecule has 2 heterocycles. The van der Waals surface area contributed by atoms with Crippen LogP contribution in [0.25, 0.3) is 0 Å². The lowest BCUT2D eigenvalue weighted by molar-refractivity contribution is 0.556. The van der Waals surface area contributed by atoms with E-state index in [0.29, 0.717) is 6.04 Å². The molecule has 1 aliphatic carbocycles. The van der Waals surface area contributed by atoms with Crippen LogP contribution in [0.15, 0.2) is 18.3 Å². The molecule has 98 valence electrons. The van der Waals surface area contributed by atoms with E-state index in [1.165, 1.54) is 37.8 Å². The van der Waals surface area contributed by atoms with Gasteiger partial charge in [-0.05, 0) is 43.7 Å². The normalized spacial score (nSPS) is 27.7. The molecule has 1 aromatic heterocycles. The van der Waals surface area contributed by atoms with Crippen molar-refractivity contribution in [2.45, 2.75) is 45.1 Å². The number of hydrogen-bond donors (Lipinski definition) is 1. The maximum atomic E-state index is 4.59. The Morgan fingerprint density at radius 3 is 2.78 bits per heavy atom. The van der Waals surface area contributed by atoms with Gasteiger partial charge < -0.3 is 10.2 Å². The van der Waals surface area contributed by atoms with Crippen molar-refractivity contribution < 1.29 is 0 Å². The molecular formula is C15H23N3. The van der Waals surface area contributed by atoms with E-state index in [-0.39, 0.29) is 0 Å². The maximum absolute atomic E-state index is 4.59. The second-order valence-corrected chi connectivity index (χ2v) is 5.73. The van der Waals surface area contributed by atoms with Gasteiger partial charge >= 0.3 is 0 Å². The summed E-state index contributed by atoms with van der Waals surface area (Å²) in [6.07, 6.45) is 8.53. The van der Waals surface area contributed by atoms with Gasteiger partial charge in [-0.1, -0.05) is 13.3 Å². The van der Waals surface area contributed by atoms with Crippen LogP contribution in [0.3, 0.4) is 0 Å². The van der Waals surface area contributed by atoms with E-state index in [0.717, 1.165) is 24.8 Å². The van der Waals surface area contributed by atoms with Gasteiger partial charge in [-0.2, -0.15) is 0 Å². The number of nitrogens with one attached hydrogen (secondary N) is 1. The highest BCUT2D eigenvalue weighted by atomic mass is 15.2. The van der Waals surface area contributed by atoms with Crippen LogP contribution >= 0.6 is 0 Å². The monoisotopic (exact) mass is 245 g/mol. The van der Waals surface area contributed by atoms with Crippen molar-refractivity contribution in [3.05, 3.63) is 18.3 Å². The lowest BCUT2D eigenvalue weighted by atomic mass is 10.1. The number of aromatic nitrogens is 1. The number of hydrogen-bond acceptors (Lipinski definition) is 3. The first kappa shape index (κ1) is 11.8. The summed E-state index contributed by atoms with van der Waals surface area (Å²) in [4.78, 5) is 7.01. The maximum Gasteiger partial charge on any atom is 0.151 e. The first-order valence-corrected chi connectivity index (χ1v) is 7.31. The molecule has 2 unspecified atom stereocenters. The topological polar surface area (TPSA) is 28.2 Å². The van der Waals surface area contributed by atoms with Crippen molar-refractivity contribution >= 4 is 11.5 Å². The van der Waals surface area contributed by atoms with Gasteiger partial charge in [0.2, 0.25) is 0 Å². The lowest BCUT2D eigenvalue weighted by Gasteiger charge is -2.24. The number of nitrogens with zero attached hydrogens (tertiary/aromatic N) is 2. The molecule has 2 atom stereocenters. The van der Waals surface area contributed by atoms with Crippen LogP contribution in [-0.2, 0) is 0 Å². The van der Waals surface area contributed by atoms with E-state index < -0.39 is 0 Å². The summed E-state index contributed by atoms with van der Waals surface area (Å²) < 4.78 is 0. The Kier molecular flexibility index (Phi) is 3.39. The largest absolute Gasteiger partial charge is 0.379 e. The quantitative estimate of drug-likeness (QED) is 0.885. The fourth-order valence-electron chi connectivity index (χ4n) is 3.25. The van der Waals surface area contributed by atoms with E-state index in [1.54, 1.807) is 0 Å². The summed E-state index contributed by atoms with van der Waals surface area (Å²) >= 11 is 0. The Hall–Kier alpha value is -1.25. The van der Waals surface area contributed by atoms with Crippen molar-refractivity contribution in [2.75, 3.05) is 23.3 Å². The van der Waals surface area contributed by atoms with Crippen molar-refractivity contribution in [1.82, 2.24) is 4.98 Å². The summed E-state index contributed by atoms with van der Waals surface area (Å²) in [6.45, 7) is 4.67. The molecule has 1 N–H and O–H groups in total. The lowest BCUT2D eigenvalue weighted by Crippen LogP contribution is -2.25.